The molecular weight excluding hydrogens is 251 g/mol. The van der Waals surface area contributed by atoms with Gasteiger partial charge in [0.1, 0.15) is 0 Å². The fraction of sp³-hybridized carbons (Fsp3) is 0.600. The highest BCUT2D eigenvalue weighted by Crippen LogP contribution is 2.32. The van der Waals surface area contributed by atoms with E-state index in [1.165, 1.54) is 37.7 Å². The highest BCUT2D eigenvalue weighted by Gasteiger charge is 2.22. The number of alkyl halides is 1. The van der Waals surface area contributed by atoms with Crippen molar-refractivity contribution in [1.82, 2.24) is 0 Å². The second kappa shape index (κ2) is 6.66. The molecule has 0 radical (unpaired) electrons. The van der Waals surface area contributed by atoms with Crippen LogP contribution in [0.2, 0.25) is 5.02 Å². The predicted molar refractivity (Wildman–Crippen MR) is 75.9 cm³/mol. The van der Waals surface area contributed by atoms with Gasteiger partial charge in [0.25, 0.3) is 0 Å². The summed E-state index contributed by atoms with van der Waals surface area (Å²) in [5.41, 5.74) is 1.37. The van der Waals surface area contributed by atoms with Crippen LogP contribution in [0.15, 0.2) is 24.3 Å². The van der Waals surface area contributed by atoms with E-state index in [1.54, 1.807) is 0 Å². The van der Waals surface area contributed by atoms with Crippen LogP contribution in [-0.2, 0) is 6.42 Å². The lowest BCUT2D eigenvalue weighted by molar-refractivity contribution is 0.265. The van der Waals surface area contributed by atoms with Gasteiger partial charge in [-0.1, -0.05) is 55.8 Å². The van der Waals surface area contributed by atoms with E-state index in [9.17, 15) is 0 Å². The summed E-state index contributed by atoms with van der Waals surface area (Å²) in [5, 5.41) is 0.814. The van der Waals surface area contributed by atoms with Crippen molar-refractivity contribution in [1.29, 1.82) is 0 Å². The van der Waals surface area contributed by atoms with Crippen LogP contribution in [0.3, 0.4) is 0 Å². The Morgan fingerprint density at radius 2 is 1.71 bits per heavy atom. The fourth-order valence-corrected chi connectivity index (χ4v) is 3.36. The number of rotatable bonds is 4. The molecule has 1 saturated carbocycles. The number of hydrogen-bond donors (Lipinski definition) is 0. The van der Waals surface area contributed by atoms with Crippen molar-refractivity contribution in [2.45, 2.75) is 38.5 Å². The molecule has 17 heavy (non-hydrogen) atoms. The van der Waals surface area contributed by atoms with Gasteiger partial charge in [0, 0.05) is 10.9 Å². The van der Waals surface area contributed by atoms with E-state index >= 15 is 0 Å². The Kier molecular flexibility index (Phi) is 5.18. The van der Waals surface area contributed by atoms with Crippen LogP contribution in [0, 0.1) is 11.8 Å². The molecule has 0 N–H and O–H groups in total. The summed E-state index contributed by atoms with van der Waals surface area (Å²) in [4.78, 5) is 0. The zero-order valence-corrected chi connectivity index (χ0v) is 11.7. The van der Waals surface area contributed by atoms with Crippen molar-refractivity contribution in [3.05, 3.63) is 34.9 Å². The minimum Gasteiger partial charge on any atom is -0.126 e. The third-order valence-corrected chi connectivity index (χ3v) is 4.57. The Balaban J connectivity index is 1.96. The fourth-order valence-electron chi connectivity index (χ4n) is 2.88. The van der Waals surface area contributed by atoms with E-state index in [4.69, 9.17) is 23.2 Å². The number of benzene rings is 1. The molecule has 1 aliphatic rings. The first-order chi connectivity index (χ1) is 8.29. The quantitative estimate of drug-likeness (QED) is 0.650. The Labute approximate surface area is 114 Å². The van der Waals surface area contributed by atoms with Gasteiger partial charge < -0.3 is 0 Å². The first-order valence-electron chi connectivity index (χ1n) is 6.60. The Morgan fingerprint density at radius 3 is 2.29 bits per heavy atom. The van der Waals surface area contributed by atoms with Crippen molar-refractivity contribution in [2.75, 3.05) is 5.88 Å². The molecule has 0 aliphatic heterocycles. The third-order valence-electron chi connectivity index (χ3n) is 3.93. The van der Waals surface area contributed by atoms with E-state index in [2.05, 4.69) is 12.1 Å². The van der Waals surface area contributed by atoms with Crippen molar-refractivity contribution < 1.29 is 0 Å². The van der Waals surface area contributed by atoms with Gasteiger partial charge >= 0.3 is 0 Å². The molecule has 1 aromatic carbocycles. The molecular formula is C15H20Cl2. The summed E-state index contributed by atoms with van der Waals surface area (Å²) in [6, 6.07) is 8.21. The summed E-state index contributed by atoms with van der Waals surface area (Å²) in [6.45, 7) is 0. The topological polar surface area (TPSA) is 0 Å². The molecule has 94 valence electrons. The average Bonchev–Trinajstić information content (AvgIpc) is 2.39. The highest BCUT2D eigenvalue weighted by molar-refractivity contribution is 6.30. The minimum absolute atomic E-state index is 0.637. The summed E-state index contributed by atoms with van der Waals surface area (Å²) >= 11 is 12.1. The maximum absolute atomic E-state index is 6.16. The highest BCUT2D eigenvalue weighted by atomic mass is 35.5. The first-order valence-corrected chi connectivity index (χ1v) is 7.51. The predicted octanol–water partition coefficient (Wildman–Crippen LogP) is 5.32. The van der Waals surface area contributed by atoms with Crippen molar-refractivity contribution in [3.63, 3.8) is 0 Å². The SMILES string of the molecule is ClCC(Cc1ccc(Cl)cc1)C1CCCCC1. The van der Waals surface area contributed by atoms with E-state index < -0.39 is 0 Å². The van der Waals surface area contributed by atoms with Gasteiger partial charge in [0.2, 0.25) is 0 Å². The van der Waals surface area contributed by atoms with Crippen LogP contribution < -0.4 is 0 Å². The molecule has 0 aromatic heterocycles. The van der Waals surface area contributed by atoms with Gasteiger partial charge in [-0.05, 0) is 36.0 Å². The second-order valence-electron chi connectivity index (χ2n) is 5.14. The molecule has 1 aliphatic carbocycles. The average molecular weight is 271 g/mol. The van der Waals surface area contributed by atoms with Gasteiger partial charge in [-0.15, -0.1) is 11.6 Å². The lowest BCUT2D eigenvalue weighted by Crippen LogP contribution is -2.21. The second-order valence-corrected chi connectivity index (χ2v) is 5.89. The number of hydrogen-bond acceptors (Lipinski definition) is 0. The van der Waals surface area contributed by atoms with Crippen LogP contribution in [0.25, 0.3) is 0 Å². The largest absolute Gasteiger partial charge is 0.126 e. The molecule has 1 unspecified atom stereocenters. The smallest absolute Gasteiger partial charge is 0.0406 e. The summed E-state index contributed by atoms with van der Waals surface area (Å²) < 4.78 is 0. The lowest BCUT2D eigenvalue weighted by atomic mass is 9.78. The van der Waals surface area contributed by atoms with Crippen LogP contribution in [0.1, 0.15) is 37.7 Å². The maximum atomic E-state index is 6.16. The van der Waals surface area contributed by atoms with Crippen LogP contribution in [0.4, 0.5) is 0 Å². The van der Waals surface area contributed by atoms with Gasteiger partial charge in [0.15, 0.2) is 0 Å². The molecule has 0 saturated heterocycles. The first kappa shape index (κ1) is 13.2. The van der Waals surface area contributed by atoms with Crippen molar-refractivity contribution in [2.24, 2.45) is 11.8 Å². The van der Waals surface area contributed by atoms with Gasteiger partial charge in [-0.25, -0.2) is 0 Å². The monoisotopic (exact) mass is 270 g/mol. The van der Waals surface area contributed by atoms with E-state index in [1.807, 2.05) is 12.1 Å². The van der Waals surface area contributed by atoms with Gasteiger partial charge in [0.05, 0.1) is 0 Å². The molecule has 0 nitrogen and oxygen atoms in total. The van der Waals surface area contributed by atoms with Crippen LogP contribution in [0.5, 0.6) is 0 Å². The summed E-state index contributed by atoms with van der Waals surface area (Å²) in [6.07, 6.45) is 8.02. The molecule has 2 rings (SSSR count). The normalized spacial score (nSPS) is 19.2. The van der Waals surface area contributed by atoms with Crippen molar-refractivity contribution >= 4 is 23.2 Å². The Morgan fingerprint density at radius 1 is 1.06 bits per heavy atom. The molecule has 1 atom stereocenters. The Hall–Kier alpha value is -0.200. The molecule has 0 bridgehead atoms. The molecule has 0 amide bonds. The van der Waals surface area contributed by atoms with Crippen LogP contribution in [-0.4, -0.2) is 5.88 Å². The lowest BCUT2D eigenvalue weighted by Gasteiger charge is -2.29. The molecule has 2 heteroatoms. The third kappa shape index (κ3) is 3.89. The Bertz CT molecular complexity index is 325. The van der Waals surface area contributed by atoms with Crippen molar-refractivity contribution in [3.8, 4) is 0 Å². The summed E-state index contributed by atoms with van der Waals surface area (Å²) in [7, 11) is 0. The van der Waals surface area contributed by atoms with Gasteiger partial charge in [-0.3, -0.25) is 0 Å². The van der Waals surface area contributed by atoms with E-state index in [0.29, 0.717) is 5.92 Å². The van der Waals surface area contributed by atoms with E-state index in [0.717, 1.165) is 23.2 Å². The molecule has 0 spiro atoms. The zero-order valence-electron chi connectivity index (χ0n) is 10.2. The molecule has 1 aromatic rings. The van der Waals surface area contributed by atoms with Crippen LogP contribution >= 0.6 is 23.2 Å². The maximum Gasteiger partial charge on any atom is 0.0406 e. The zero-order chi connectivity index (χ0) is 12.1. The van der Waals surface area contributed by atoms with Gasteiger partial charge in [-0.2, -0.15) is 0 Å². The summed E-state index contributed by atoms with van der Waals surface area (Å²) in [5.74, 6) is 2.25. The van der Waals surface area contributed by atoms with E-state index in [-0.39, 0.29) is 0 Å². The molecule has 1 fully saturated rings. The molecule has 0 heterocycles. The minimum atomic E-state index is 0.637. The standard InChI is InChI=1S/C15H20Cl2/c16-11-14(13-4-2-1-3-5-13)10-12-6-8-15(17)9-7-12/h6-9,13-14H,1-5,10-11H2. The number of halogens is 2.